The zero-order valence-corrected chi connectivity index (χ0v) is 11.6. The molecule has 1 aromatic heterocycles. The minimum Gasteiger partial charge on any atom is -0.345 e. The Balaban J connectivity index is 1.96. The second-order valence-corrected chi connectivity index (χ2v) is 6.47. The van der Waals surface area contributed by atoms with E-state index in [1.807, 2.05) is 0 Å². The molecule has 3 heteroatoms. The van der Waals surface area contributed by atoms with Gasteiger partial charge in [-0.15, -0.1) is 0 Å². The van der Waals surface area contributed by atoms with Gasteiger partial charge in [0.15, 0.2) is 0 Å². The van der Waals surface area contributed by atoms with Crippen molar-refractivity contribution in [1.82, 2.24) is 15.3 Å². The summed E-state index contributed by atoms with van der Waals surface area (Å²) in [6, 6.07) is 0. The number of H-pyrrole nitrogens is 1. The molecule has 1 heterocycles. The van der Waals surface area contributed by atoms with Crippen LogP contribution in [-0.2, 0) is 19.4 Å². The summed E-state index contributed by atoms with van der Waals surface area (Å²) < 4.78 is 0. The monoisotopic (exact) mass is 235 g/mol. The fraction of sp³-hybridized carbons (Fsp3) is 0.786. The Hall–Kier alpha value is -0.830. The van der Waals surface area contributed by atoms with Crippen molar-refractivity contribution < 1.29 is 0 Å². The third kappa shape index (κ3) is 3.32. The number of aromatic amines is 1. The largest absolute Gasteiger partial charge is 0.345 e. The Kier molecular flexibility index (Phi) is 3.57. The van der Waals surface area contributed by atoms with Gasteiger partial charge in [-0.1, -0.05) is 27.7 Å². The molecular formula is C14H25N3. The van der Waals surface area contributed by atoms with Gasteiger partial charge in [0.1, 0.15) is 5.82 Å². The number of fused-ring (bicyclic) bond motifs is 1. The van der Waals surface area contributed by atoms with Crippen molar-refractivity contribution >= 4 is 0 Å². The molecule has 0 spiro atoms. The van der Waals surface area contributed by atoms with Crippen LogP contribution in [-0.4, -0.2) is 16.5 Å². The summed E-state index contributed by atoms with van der Waals surface area (Å²) in [7, 11) is 0. The van der Waals surface area contributed by atoms with Crippen LogP contribution in [0.25, 0.3) is 0 Å². The van der Waals surface area contributed by atoms with Gasteiger partial charge in [-0.05, 0) is 37.1 Å². The van der Waals surface area contributed by atoms with Crippen molar-refractivity contribution in [3.8, 4) is 0 Å². The molecule has 17 heavy (non-hydrogen) atoms. The van der Waals surface area contributed by atoms with Gasteiger partial charge in [0.2, 0.25) is 0 Å². The Morgan fingerprint density at radius 3 is 2.88 bits per heavy atom. The average Bonchev–Trinajstić information content (AvgIpc) is 2.57. The molecule has 0 saturated heterocycles. The zero-order chi connectivity index (χ0) is 12.5. The van der Waals surface area contributed by atoms with Crippen LogP contribution >= 0.6 is 0 Å². The van der Waals surface area contributed by atoms with Crippen LogP contribution in [0.3, 0.4) is 0 Å². The lowest BCUT2D eigenvalue weighted by atomic mass is 9.78. The SMILES string of the molecule is CC(C)CNCc1nc2c([nH]1)CC(C)(C)CC2. The lowest BCUT2D eigenvalue weighted by molar-refractivity contribution is 0.310. The molecule has 0 bridgehead atoms. The minimum absolute atomic E-state index is 0.433. The van der Waals surface area contributed by atoms with Crippen LogP contribution in [0.5, 0.6) is 0 Å². The highest BCUT2D eigenvalue weighted by atomic mass is 15.0. The maximum absolute atomic E-state index is 4.70. The summed E-state index contributed by atoms with van der Waals surface area (Å²) in [5, 5.41) is 3.44. The van der Waals surface area contributed by atoms with E-state index in [1.54, 1.807) is 0 Å². The van der Waals surface area contributed by atoms with E-state index in [0.29, 0.717) is 11.3 Å². The molecule has 0 fully saturated rings. The minimum atomic E-state index is 0.433. The molecule has 1 aliphatic carbocycles. The molecule has 0 saturated carbocycles. The number of imidazole rings is 1. The predicted molar refractivity (Wildman–Crippen MR) is 70.9 cm³/mol. The van der Waals surface area contributed by atoms with Crippen LogP contribution in [0.1, 0.15) is 51.3 Å². The van der Waals surface area contributed by atoms with Crippen LogP contribution in [0.15, 0.2) is 0 Å². The summed E-state index contributed by atoms with van der Waals surface area (Å²) in [5.41, 5.74) is 3.09. The highest BCUT2D eigenvalue weighted by Gasteiger charge is 2.27. The predicted octanol–water partition coefficient (Wildman–Crippen LogP) is 2.67. The molecule has 0 aliphatic heterocycles. The number of aromatic nitrogens is 2. The average molecular weight is 235 g/mol. The van der Waals surface area contributed by atoms with E-state index in [4.69, 9.17) is 4.98 Å². The number of hydrogen-bond donors (Lipinski definition) is 2. The highest BCUT2D eigenvalue weighted by Crippen LogP contribution is 2.33. The number of hydrogen-bond acceptors (Lipinski definition) is 2. The van der Waals surface area contributed by atoms with E-state index in [1.165, 1.54) is 17.8 Å². The maximum atomic E-state index is 4.70. The number of aryl methyl sites for hydroxylation is 1. The lowest BCUT2D eigenvalue weighted by Crippen LogP contribution is -2.22. The second kappa shape index (κ2) is 4.81. The maximum Gasteiger partial charge on any atom is 0.120 e. The van der Waals surface area contributed by atoms with Crippen LogP contribution in [0.2, 0.25) is 0 Å². The molecule has 0 aromatic carbocycles. The van der Waals surface area contributed by atoms with E-state index < -0.39 is 0 Å². The van der Waals surface area contributed by atoms with Crippen molar-refractivity contribution in [1.29, 1.82) is 0 Å². The van der Waals surface area contributed by atoms with Crippen LogP contribution in [0, 0.1) is 11.3 Å². The first-order valence-electron chi connectivity index (χ1n) is 6.74. The van der Waals surface area contributed by atoms with Crippen molar-refractivity contribution in [2.75, 3.05) is 6.54 Å². The van der Waals surface area contributed by atoms with E-state index in [0.717, 1.165) is 31.8 Å². The summed E-state index contributed by atoms with van der Waals surface area (Å²) in [6.07, 6.45) is 3.52. The van der Waals surface area contributed by atoms with Gasteiger partial charge in [-0.3, -0.25) is 0 Å². The Morgan fingerprint density at radius 2 is 2.18 bits per heavy atom. The first-order chi connectivity index (χ1) is 7.96. The fourth-order valence-electron chi connectivity index (χ4n) is 2.44. The van der Waals surface area contributed by atoms with Gasteiger partial charge in [0.25, 0.3) is 0 Å². The number of rotatable bonds is 4. The zero-order valence-electron chi connectivity index (χ0n) is 11.6. The van der Waals surface area contributed by atoms with Crippen molar-refractivity contribution in [2.24, 2.45) is 11.3 Å². The van der Waals surface area contributed by atoms with E-state index in [9.17, 15) is 0 Å². The molecule has 0 unspecified atom stereocenters. The molecule has 96 valence electrons. The fourth-order valence-corrected chi connectivity index (χ4v) is 2.44. The van der Waals surface area contributed by atoms with E-state index in [2.05, 4.69) is 38.0 Å². The van der Waals surface area contributed by atoms with E-state index in [-0.39, 0.29) is 0 Å². The molecule has 3 nitrogen and oxygen atoms in total. The third-order valence-electron chi connectivity index (χ3n) is 3.45. The van der Waals surface area contributed by atoms with Crippen molar-refractivity contribution in [3.63, 3.8) is 0 Å². The lowest BCUT2D eigenvalue weighted by Gasteiger charge is -2.28. The number of nitrogens with zero attached hydrogens (tertiary/aromatic N) is 1. The summed E-state index contributed by atoms with van der Waals surface area (Å²) >= 11 is 0. The standard InChI is InChI=1S/C14H25N3/c1-10(2)8-15-9-13-16-11-5-6-14(3,4)7-12(11)17-13/h10,15H,5-9H2,1-4H3,(H,16,17). The topological polar surface area (TPSA) is 40.7 Å². The Morgan fingerprint density at radius 1 is 1.41 bits per heavy atom. The molecule has 2 rings (SSSR count). The molecule has 0 atom stereocenters. The first kappa shape index (κ1) is 12.6. The van der Waals surface area contributed by atoms with Gasteiger partial charge in [-0.2, -0.15) is 0 Å². The highest BCUT2D eigenvalue weighted by molar-refractivity contribution is 5.20. The van der Waals surface area contributed by atoms with E-state index >= 15 is 0 Å². The van der Waals surface area contributed by atoms with Gasteiger partial charge < -0.3 is 10.3 Å². The molecular weight excluding hydrogens is 210 g/mol. The van der Waals surface area contributed by atoms with Gasteiger partial charge in [0.05, 0.1) is 12.2 Å². The Labute approximate surface area is 104 Å². The molecule has 0 amide bonds. The third-order valence-corrected chi connectivity index (χ3v) is 3.45. The van der Waals surface area contributed by atoms with Crippen LogP contribution in [0.4, 0.5) is 0 Å². The Bertz CT molecular complexity index is 377. The molecule has 1 aliphatic rings. The van der Waals surface area contributed by atoms with Crippen molar-refractivity contribution in [3.05, 3.63) is 17.2 Å². The molecule has 2 N–H and O–H groups in total. The quantitative estimate of drug-likeness (QED) is 0.842. The molecule has 1 aromatic rings. The van der Waals surface area contributed by atoms with Crippen LogP contribution < -0.4 is 5.32 Å². The van der Waals surface area contributed by atoms with Gasteiger partial charge in [0, 0.05) is 5.69 Å². The molecule has 0 radical (unpaired) electrons. The normalized spacial score (nSPS) is 18.4. The summed E-state index contributed by atoms with van der Waals surface area (Å²) in [4.78, 5) is 8.18. The van der Waals surface area contributed by atoms with Crippen molar-refractivity contribution in [2.45, 2.75) is 53.5 Å². The van der Waals surface area contributed by atoms with Gasteiger partial charge in [-0.25, -0.2) is 4.98 Å². The summed E-state index contributed by atoms with van der Waals surface area (Å²) in [5.74, 6) is 1.80. The van der Waals surface area contributed by atoms with Gasteiger partial charge >= 0.3 is 0 Å². The smallest absolute Gasteiger partial charge is 0.120 e. The summed E-state index contributed by atoms with van der Waals surface area (Å²) in [6.45, 7) is 11.1. The number of nitrogens with one attached hydrogen (secondary N) is 2. The first-order valence-corrected chi connectivity index (χ1v) is 6.74. The second-order valence-electron chi connectivity index (χ2n) is 6.47.